The van der Waals surface area contributed by atoms with E-state index in [0.717, 1.165) is 37.0 Å². The second kappa shape index (κ2) is 6.33. The van der Waals surface area contributed by atoms with E-state index in [0.29, 0.717) is 6.10 Å². The molecule has 0 saturated carbocycles. The Morgan fingerprint density at radius 3 is 2.82 bits per heavy atom. The molecule has 1 saturated heterocycles. The van der Waals surface area contributed by atoms with Crippen molar-refractivity contribution in [3.8, 4) is 0 Å². The first kappa shape index (κ1) is 12.8. The lowest BCUT2D eigenvalue weighted by Crippen LogP contribution is -2.22. The van der Waals surface area contributed by atoms with Gasteiger partial charge in [-0.05, 0) is 12.2 Å². The number of hydrogen-bond acceptors (Lipinski definition) is 5. The maximum atomic E-state index is 5.35. The minimum absolute atomic E-state index is 0.394. The number of likely N-dealkylation sites (tertiary alicyclic amines) is 1. The van der Waals surface area contributed by atoms with Crippen molar-refractivity contribution in [1.82, 2.24) is 14.9 Å². The first-order valence-corrected chi connectivity index (χ1v) is 6.99. The van der Waals surface area contributed by atoms with Gasteiger partial charge in [-0.15, -0.1) is 0 Å². The van der Waals surface area contributed by atoms with Crippen LogP contribution in [0.15, 0.2) is 17.6 Å². The van der Waals surface area contributed by atoms with Crippen LogP contribution in [-0.2, 0) is 11.3 Å². The van der Waals surface area contributed by atoms with Gasteiger partial charge in [0.15, 0.2) is 5.16 Å². The molecule has 17 heavy (non-hydrogen) atoms. The highest BCUT2D eigenvalue weighted by atomic mass is 32.2. The lowest BCUT2D eigenvalue weighted by atomic mass is 10.3. The summed E-state index contributed by atoms with van der Waals surface area (Å²) < 4.78 is 5.35. The van der Waals surface area contributed by atoms with Gasteiger partial charge in [0.1, 0.15) is 0 Å². The fraction of sp³-hybridized carbons (Fsp3) is 0.667. The summed E-state index contributed by atoms with van der Waals surface area (Å²) in [5.74, 6) is 1.01. The molecule has 5 heteroatoms. The zero-order valence-corrected chi connectivity index (χ0v) is 11.2. The van der Waals surface area contributed by atoms with Crippen LogP contribution in [0.4, 0.5) is 0 Å². The lowest BCUT2D eigenvalue weighted by molar-refractivity contribution is 0.107. The minimum atomic E-state index is 0.394. The van der Waals surface area contributed by atoms with E-state index >= 15 is 0 Å². The lowest BCUT2D eigenvalue weighted by Gasteiger charge is -2.15. The van der Waals surface area contributed by atoms with Crippen molar-refractivity contribution in [2.75, 3.05) is 26.0 Å². The monoisotopic (exact) mass is 253 g/mol. The van der Waals surface area contributed by atoms with Gasteiger partial charge in [0.2, 0.25) is 0 Å². The van der Waals surface area contributed by atoms with Gasteiger partial charge in [0.25, 0.3) is 0 Å². The van der Waals surface area contributed by atoms with Crippen molar-refractivity contribution in [3.05, 3.63) is 18.0 Å². The Kier molecular flexibility index (Phi) is 4.76. The number of nitrogens with zero attached hydrogens (tertiary/aromatic N) is 3. The van der Waals surface area contributed by atoms with E-state index < -0.39 is 0 Å². The van der Waals surface area contributed by atoms with Crippen LogP contribution in [0.3, 0.4) is 0 Å². The molecule has 0 aromatic carbocycles. The summed E-state index contributed by atoms with van der Waals surface area (Å²) in [5, 5.41) is 0.868. The van der Waals surface area contributed by atoms with E-state index in [9.17, 15) is 0 Å². The number of thioether (sulfide) groups is 1. The van der Waals surface area contributed by atoms with Crippen LogP contribution in [0, 0.1) is 0 Å². The number of aromatic nitrogens is 2. The predicted octanol–water partition coefficient (Wildman–Crippen LogP) is 1.81. The summed E-state index contributed by atoms with van der Waals surface area (Å²) >= 11 is 1.67. The van der Waals surface area contributed by atoms with E-state index in [1.54, 1.807) is 18.9 Å². The van der Waals surface area contributed by atoms with Crippen LogP contribution in [-0.4, -0.2) is 46.9 Å². The highest BCUT2D eigenvalue weighted by molar-refractivity contribution is 7.99. The van der Waals surface area contributed by atoms with Gasteiger partial charge in [0, 0.05) is 44.7 Å². The molecule has 0 spiro atoms. The number of rotatable bonds is 5. The molecule has 1 unspecified atom stereocenters. The normalized spacial score (nSPS) is 20.9. The van der Waals surface area contributed by atoms with Gasteiger partial charge in [-0.3, -0.25) is 4.90 Å². The third kappa shape index (κ3) is 3.66. The van der Waals surface area contributed by atoms with Crippen molar-refractivity contribution < 1.29 is 4.74 Å². The predicted molar refractivity (Wildman–Crippen MR) is 69.1 cm³/mol. The largest absolute Gasteiger partial charge is 0.380 e. The fourth-order valence-corrected chi connectivity index (χ4v) is 2.53. The molecule has 2 rings (SSSR count). The summed E-state index contributed by atoms with van der Waals surface area (Å²) in [5.41, 5.74) is 1.18. The van der Waals surface area contributed by atoms with Crippen molar-refractivity contribution in [2.45, 2.75) is 31.1 Å². The van der Waals surface area contributed by atoms with Gasteiger partial charge < -0.3 is 4.74 Å². The number of ether oxygens (including phenoxy) is 1. The number of hydrogen-bond donors (Lipinski definition) is 0. The van der Waals surface area contributed by atoms with Crippen molar-refractivity contribution in [3.63, 3.8) is 0 Å². The van der Waals surface area contributed by atoms with Crippen molar-refractivity contribution in [1.29, 1.82) is 0 Å². The molecule has 94 valence electrons. The topological polar surface area (TPSA) is 38.2 Å². The smallest absolute Gasteiger partial charge is 0.187 e. The summed E-state index contributed by atoms with van der Waals surface area (Å²) in [6.45, 7) is 5.15. The molecular formula is C12H19N3OS. The third-order valence-corrected chi connectivity index (χ3v) is 3.68. The number of methoxy groups -OCH3 is 1. The van der Waals surface area contributed by atoms with Crippen LogP contribution in [0.25, 0.3) is 0 Å². The summed E-state index contributed by atoms with van der Waals surface area (Å²) in [6, 6.07) is 0. The van der Waals surface area contributed by atoms with E-state index in [2.05, 4.69) is 21.8 Å². The van der Waals surface area contributed by atoms with E-state index in [1.807, 2.05) is 12.4 Å². The van der Waals surface area contributed by atoms with Crippen LogP contribution >= 0.6 is 11.8 Å². The Morgan fingerprint density at radius 1 is 1.47 bits per heavy atom. The molecule has 1 aliphatic rings. The van der Waals surface area contributed by atoms with Gasteiger partial charge in [-0.1, -0.05) is 18.7 Å². The molecule has 0 aliphatic carbocycles. The quantitative estimate of drug-likeness (QED) is 0.591. The van der Waals surface area contributed by atoms with Crippen LogP contribution in [0.1, 0.15) is 18.9 Å². The molecule has 1 aliphatic heterocycles. The van der Waals surface area contributed by atoms with Gasteiger partial charge in [-0.25, -0.2) is 9.97 Å². The Bertz CT molecular complexity index is 344. The average Bonchev–Trinajstić information content (AvgIpc) is 2.80. The molecule has 0 bridgehead atoms. The molecule has 1 atom stereocenters. The van der Waals surface area contributed by atoms with Gasteiger partial charge >= 0.3 is 0 Å². The Balaban J connectivity index is 1.86. The summed E-state index contributed by atoms with van der Waals surface area (Å²) in [7, 11) is 1.79. The molecule has 0 radical (unpaired) electrons. The molecular weight excluding hydrogens is 234 g/mol. The zero-order valence-electron chi connectivity index (χ0n) is 10.4. The molecule has 1 aromatic rings. The maximum absolute atomic E-state index is 5.35. The van der Waals surface area contributed by atoms with E-state index in [1.165, 1.54) is 5.56 Å². The van der Waals surface area contributed by atoms with E-state index in [4.69, 9.17) is 4.74 Å². The van der Waals surface area contributed by atoms with Crippen LogP contribution in [0.5, 0.6) is 0 Å². The minimum Gasteiger partial charge on any atom is -0.380 e. The Labute approximate surface area is 107 Å². The Morgan fingerprint density at radius 2 is 2.24 bits per heavy atom. The summed E-state index contributed by atoms with van der Waals surface area (Å²) in [6.07, 6.45) is 5.39. The highest BCUT2D eigenvalue weighted by Crippen LogP contribution is 2.16. The second-order valence-electron chi connectivity index (χ2n) is 4.19. The average molecular weight is 253 g/mol. The molecule has 1 aromatic heterocycles. The third-order valence-electron chi connectivity index (χ3n) is 2.92. The fourth-order valence-electron chi connectivity index (χ4n) is 2.02. The van der Waals surface area contributed by atoms with Gasteiger partial charge in [-0.2, -0.15) is 0 Å². The first-order chi connectivity index (χ1) is 8.31. The van der Waals surface area contributed by atoms with Gasteiger partial charge in [0.05, 0.1) is 6.10 Å². The first-order valence-electron chi connectivity index (χ1n) is 6.00. The van der Waals surface area contributed by atoms with Crippen LogP contribution in [0.2, 0.25) is 0 Å². The second-order valence-corrected chi connectivity index (χ2v) is 5.42. The zero-order chi connectivity index (χ0) is 12.1. The maximum Gasteiger partial charge on any atom is 0.187 e. The molecule has 4 nitrogen and oxygen atoms in total. The van der Waals surface area contributed by atoms with E-state index in [-0.39, 0.29) is 0 Å². The molecule has 2 heterocycles. The molecule has 0 N–H and O–H groups in total. The summed E-state index contributed by atoms with van der Waals surface area (Å²) in [4.78, 5) is 11.1. The Hall–Kier alpha value is -0.650. The van der Waals surface area contributed by atoms with Crippen molar-refractivity contribution in [2.24, 2.45) is 0 Å². The highest BCUT2D eigenvalue weighted by Gasteiger charge is 2.21. The SMILES string of the molecule is CCSc1ncc(CN2CCC(OC)C2)cn1. The molecule has 0 amide bonds. The molecule has 1 fully saturated rings. The van der Waals surface area contributed by atoms with Crippen LogP contribution < -0.4 is 0 Å². The standard InChI is InChI=1S/C12H19N3OS/c1-3-17-12-13-6-10(7-14-12)8-15-5-4-11(9-15)16-2/h6-7,11H,3-5,8-9H2,1-2H3. The van der Waals surface area contributed by atoms with Crippen molar-refractivity contribution >= 4 is 11.8 Å².